The molecule has 1 aromatic rings. The predicted molar refractivity (Wildman–Crippen MR) is 81.7 cm³/mol. The van der Waals surface area contributed by atoms with Crippen LogP contribution in [0, 0.1) is 13.8 Å². The van der Waals surface area contributed by atoms with Crippen LogP contribution in [0.25, 0.3) is 0 Å². The van der Waals surface area contributed by atoms with Gasteiger partial charge in [0.2, 0.25) is 5.91 Å². The van der Waals surface area contributed by atoms with E-state index in [1.54, 1.807) is 0 Å². The fraction of sp³-hybridized carbons (Fsp3) is 0.688. The first-order valence-corrected chi connectivity index (χ1v) is 7.48. The van der Waals surface area contributed by atoms with Crippen molar-refractivity contribution in [2.45, 2.75) is 72.5 Å². The maximum Gasteiger partial charge on any atom is 0.237 e. The van der Waals surface area contributed by atoms with Gasteiger partial charge in [-0.25, -0.2) is 0 Å². The van der Waals surface area contributed by atoms with Gasteiger partial charge in [0.15, 0.2) is 0 Å². The molecule has 0 aliphatic rings. The van der Waals surface area contributed by atoms with Crippen molar-refractivity contribution < 1.29 is 9.21 Å². The van der Waals surface area contributed by atoms with Crippen molar-refractivity contribution in [2.75, 3.05) is 0 Å². The SMILES string of the molecule is CCCC(C)NC(=O)C(C)NC(C)c1cc(C)oc1C. The molecule has 4 nitrogen and oxygen atoms in total. The Morgan fingerprint density at radius 2 is 1.95 bits per heavy atom. The highest BCUT2D eigenvalue weighted by atomic mass is 16.3. The summed E-state index contributed by atoms with van der Waals surface area (Å²) in [4.78, 5) is 12.1. The van der Waals surface area contributed by atoms with Crippen molar-refractivity contribution in [3.05, 3.63) is 23.2 Å². The van der Waals surface area contributed by atoms with Crippen molar-refractivity contribution in [1.82, 2.24) is 10.6 Å². The normalized spacial score (nSPS) is 15.7. The lowest BCUT2D eigenvalue weighted by Crippen LogP contribution is -2.46. The first-order valence-electron chi connectivity index (χ1n) is 7.48. The van der Waals surface area contributed by atoms with E-state index < -0.39 is 0 Å². The highest BCUT2D eigenvalue weighted by Gasteiger charge is 2.19. The van der Waals surface area contributed by atoms with Crippen LogP contribution in [0.5, 0.6) is 0 Å². The van der Waals surface area contributed by atoms with Crippen molar-refractivity contribution >= 4 is 5.91 Å². The molecule has 0 aliphatic heterocycles. The van der Waals surface area contributed by atoms with E-state index in [1.807, 2.05) is 33.8 Å². The van der Waals surface area contributed by atoms with E-state index >= 15 is 0 Å². The Hall–Kier alpha value is -1.29. The molecular weight excluding hydrogens is 252 g/mol. The molecule has 1 aromatic heterocycles. The lowest BCUT2D eigenvalue weighted by molar-refractivity contribution is -0.123. The molecule has 1 rings (SSSR count). The van der Waals surface area contributed by atoms with E-state index in [9.17, 15) is 4.79 Å². The molecule has 4 heteroatoms. The van der Waals surface area contributed by atoms with Crippen LogP contribution < -0.4 is 10.6 Å². The third kappa shape index (κ3) is 4.67. The van der Waals surface area contributed by atoms with Crippen molar-refractivity contribution in [3.8, 4) is 0 Å². The van der Waals surface area contributed by atoms with Crippen LogP contribution in [0.1, 0.15) is 63.7 Å². The smallest absolute Gasteiger partial charge is 0.237 e. The van der Waals surface area contributed by atoms with Crippen LogP contribution in [0.15, 0.2) is 10.5 Å². The maximum atomic E-state index is 12.1. The van der Waals surface area contributed by atoms with Gasteiger partial charge < -0.3 is 9.73 Å². The molecule has 0 bridgehead atoms. The van der Waals surface area contributed by atoms with Gasteiger partial charge in [-0.1, -0.05) is 13.3 Å². The fourth-order valence-corrected chi connectivity index (χ4v) is 2.49. The molecule has 0 aliphatic carbocycles. The Balaban J connectivity index is 2.54. The highest BCUT2D eigenvalue weighted by molar-refractivity contribution is 5.81. The molecule has 0 spiro atoms. The van der Waals surface area contributed by atoms with Crippen molar-refractivity contribution in [3.63, 3.8) is 0 Å². The van der Waals surface area contributed by atoms with Crippen molar-refractivity contribution in [2.24, 2.45) is 0 Å². The van der Waals surface area contributed by atoms with E-state index in [-0.39, 0.29) is 24.0 Å². The summed E-state index contributed by atoms with van der Waals surface area (Å²) >= 11 is 0. The minimum atomic E-state index is -0.223. The number of carbonyl (C=O) groups is 1. The van der Waals surface area contributed by atoms with Gasteiger partial charge in [-0.15, -0.1) is 0 Å². The number of furan rings is 1. The van der Waals surface area contributed by atoms with Gasteiger partial charge in [-0.3, -0.25) is 10.1 Å². The number of amides is 1. The quantitative estimate of drug-likeness (QED) is 0.806. The largest absolute Gasteiger partial charge is 0.466 e. The third-order valence-corrected chi connectivity index (χ3v) is 3.55. The minimum Gasteiger partial charge on any atom is -0.466 e. The Bertz CT molecular complexity index is 440. The Morgan fingerprint density at radius 3 is 2.45 bits per heavy atom. The molecule has 3 unspecified atom stereocenters. The monoisotopic (exact) mass is 280 g/mol. The topological polar surface area (TPSA) is 54.3 Å². The number of carbonyl (C=O) groups excluding carboxylic acids is 1. The lowest BCUT2D eigenvalue weighted by Gasteiger charge is -2.21. The van der Waals surface area contributed by atoms with E-state index in [0.717, 1.165) is 29.9 Å². The summed E-state index contributed by atoms with van der Waals surface area (Å²) in [7, 11) is 0. The van der Waals surface area contributed by atoms with Crippen LogP contribution in [0.4, 0.5) is 0 Å². The second kappa shape index (κ2) is 7.48. The van der Waals surface area contributed by atoms with Gasteiger partial charge >= 0.3 is 0 Å². The number of rotatable bonds is 7. The molecule has 20 heavy (non-hydrogen) atoms. The van der Waals surface area contributed by atoms with E-state index in [1.165, 1.54) is 0 Å². The van der Waals surface area contributed by atoms with Gasteiger partial charge in [0, 0.05) is 17.6 Å². The number of hydrogen-bond donors (Lipinski definition) is 2. The molecule has 0 radical (unpaired) electrons. The minimum absolute atomic E-state index is 0.0515. The van der Waals surface area contributed by atoms with Gasteiger partial charge in [0.05, 0.1) is 6.04 Å². The first kappa shape index (κ1) is 16.8. The average molecular weight is 280 g/mol. The summed E-state index contributed by atoms with van der Waals surface area (Å²) in [6, 6.07) is 2.12. The lowest BCUT2D eigenvalue weighted by atomic mass is 10.1. The molecular formula is C16H28N2O2. The molecule has 0 saturated carbocycles. The molecule has 1 heterocycles. The molecule has 0 fully saturated rings. The molecule has 114 valence electrons. The Labute approximate surface area is 122 Å². The summed E-state index contributed by atoms with van der Waals surface area (Å²) in [5, 5.41) is 6.36. The summed E-state index contributed by atoms with van der Waals surface area (Å²) in [5.74, 6) is 1.87. The molecule has 0 aromatic carbocycles. The van der Waals surface area contributed by atoms with Crippen LogP contribution in [-0.2, 0) is 4.79 Å². The van der Waals surface area contributed by atoms with E-state index in [4.69, 9.17) is 4.42 Å². The second-order valence-electron chi connectivity index (χ2n) is 5.68. The number of aryl methyl sites for hydroxylation is 2. The Morgan fingerprint density at radius 1 is 1.30 bits per heavy atom. The van der Waals surface area contributed by atoms with Crippen LogP contribution in [0.3, 0.4) is 0 Å². The van der Waals surface area contributed by atoms with Crippen molar-refractivity contribution in [1.29, 1.82) is 0 Å². The summed E-state index contributed by atoms with van der Waals surface area (Å²) in [6.45, 7) is 12.0. The fourth-order valence-electron chi connectivity index (χ4n) is 2.49. The van der Waals surface area contributed by atoms with Gasteiger partial charge in [0.25, 0.3) is 0 Å². The third-order valence-electron chi connectivity index (χ3n) is 3.55. The molecule has 3 atom stereocenters. The van der Waals surface area contributed by atoms with Gasteiger partial charge in [0.1, 0.15) is 11.5 Å². The summed E-state index contributed by atoms with van der Waals surface area (Å²) < 4.78 is 5.53. The zero-order valence-corrected chi connectivity index (χ0v) is 13.5. The second-order valence-corrected chi connectivity index (χ2v) is 5.68. The van der Waals surface area contributed by atoms with Gasteiger partial charge in [-0.2, -0.15) is 0 Å². The number of nitrogens with one attached hydrogen (secondary N) is 2. The Kier molecular flexibility index (Phi) is 6.27. The summed E-state index contributed by atoms with van der Waals surface area (Å²) in [5.41, 5.74) is 1.11. The summed E-state index contributed by atoms with van der Waals surface area (Å²) in [6.07, 6.45) is 2.08. The molecule has 0 saturated heterocycles. The highest BCUT2D eigenvalue weighted by Crippen LogP contribution is 2.21. The average Bonchev–Trinajstić information content (AvgIpc) is 2.68. The number of hydrogen-bond acceptors (Lipinski definition) is 3. The molecule has 1 amide bonds. The van der Waals surface area contributed by atoms with Gasteiger partial charge in [-0.05, 0) is 47.1 Å². The van der Waals surface area contributed by atoms with E-state index in [0.29, 0.717) is 0 Å². The standard InChI is InChI=1S/C16H28N2O2/c1-7-8-10(2)17-16(19)13(5)18-12(4)15-9-11(3)20-14(15)6/h9-10,12-13,18H,7-8H2,1-6H3,(H,17,19). The van der Waals surface area contributed by atoms with Crippen LogP contribution in [0.2, 0.25) is 0 Å². The first-order chi connectivity index (χ1) is 9.35. The maximum absolute atomic E-state index is 12.1. The zero-order chi connectivity index (χ0) is 15.3. The predicted octanol–water partition coefficient (Wildman–Crippen LogP) is 3.24. The molecule has 2 N–H and O–H groups in total. The van der Waals surface area contributed by atoms with Crippen LogP contribution >= 0.6 is 0 Å². The van der Waals surface area contributed by atoms with E-state index in [2.05, 4.69) is 24.5 Å². The van der Waals surface area contributed by atoms with Crippen LogP contribution in [-0.4, -0.2) is 18.0 Å². The zero-order valence-electron chi connectivity index (χ0n) is 13.5.